The Morgan fingerprint density at radius 1 is 1.75 bits per heavy atom. The van der Waals surface area contributed by atoms with Crippen LogP contribution in [0.2, 0.25) is 0 Å². The summed E-state index contributed by atoms with van der Waals surface area (Å²) in [4.78, 5) is 0. The first kappa shape index (κ1) is 8.27. The molecular formula is C10H15NS. The van der Waals surface area contributed by atoms with Gasteiger partial charge in [0.2, 0.25) is 0 Å². The van der Waals surface area contributed by atoms with Gasteiger partial charge in [-0.2, -0.15) is 11.3 Å². The predicted octanol–water partition coefficient (Wildman–Crippen LogP) is 2.81. The van der Waals surface area contributed by atoms with Crippen molar-refractivity contribution in [3.63, 3.8) is 0 Å². The third kappa shape index (κ3) is 1.10. The van der Waals surface area contributed by atoms with Gasteiger partial charge >= 0.3 is 0 Å². The Bertz CT molecular complexity index is 251. The Kier molecular flexibility index (Phi) is 1.97. The van der Waals surface area contributed by atoms with Crippen LogP contribution in [0.15, 0.2) is 16.8 Å². The van der Waals surface area contributed by atoms with Gasteiger partial charge < -0.3 is 5.32 Å². The van der Waals surface area contributed by atoms with Crippen LogP contribution < -0.4 is 5.32 Å². The van der Waals surface area contributed by atoms with Gasteiger partial charge in [0.25, 0.3) is 0 Å². The second-order valence-electron chi connectivity index (χ2n) is 3.88. The van der Waals surface area contributed by atoms with Crippen LogP contribution in [-0.4, -0.2) is 6.54 Å². The molecule has 12 heavy (non-hydrogen) atoms. The molecular weight excluding hydrogens is 166 g/mol. The highest BCUT2D eigenvalue weighted by atomic mass is 32.1. The molecule has 0 saturated carbocycles. The predicted molar refractivity (Wildman–Crippen MR) is 53.5 cm³/mol. The molecule has 1 N–H and O–H groups in total. The lowest BCUT2D eigenvalue weighted by atomic mass is 9.71. The summed E-state index contributed by atoms with van der Waals surface area (Å²) in [5.74, 6) is 0. The van der Waals surface area contributed by atoms with Gasteiger partial charge in [0, 0.05) is 12.6 Å². The maximum absolute atomic E-state index is 3.50. The largest absolute Gasteiger partial charge is 0.309 e. The van der Waals surface area contributed by atoms with Crippen LogP contribution in [0.3, 0.4) is 0 Å². The summed E-state index contributed by atoms with van der Waals surface area (Å²) in [6.07, 6.45) is 1.26. The number of hydrogen-bond acceptors (Lipinski definition) is 2. The van der Waals surface area contributed by atoms with Crippen LogP contribution in [0, 0.1) is 5.41 Å². The zero-order valence-electron chi connectivity index (χ0n) is 7.63. The molecule has 1 aliphatic heterocycles. The van der Waals surface area contributed by atoms with Crippen LogP contribution in [0.25, 0.3) is 0 Å². The highest BCUT2D eigenvalue weighted by Crippen LogP contribution is 2.43. The molecule has 2 heterocycles. The summed E-state index contributed by atoms with van der Waals surface area (Å²) in [5.41, 5.74) is 1.97. The Hall–Kier alpha value is -0.340. The maximum Gasteiger partial charge on any atom is 0.0395 e. The molecule has 0 spiro atoms. The molecule has 2 rings (SSSR count). The van der Waals surface area contributed by atoms with Crippen molar-refractivity contribution in [3.8, 4) is 0 Å². The summed E-state index contributed by atoms with van der Waals surface area (Å²) in [6.45, 7) is 5.82. The lowest BCUT2D eigenvalue weighted by molar-refractivity contribution is 0.0993. The maximum atomic E-state index is 3.50. The van der Waals surface area contributed by atoms with Crippen LogP contribution in [0.1, 0.15) is 31.9 Å². The average Bonchev–Trinajstić information content (AvgIpc) is 2.54. The first-order chi connectivity index (χ1) is 5.76. The quantitative estimate of drug-likeness (QED) is 0.739. The van der Waals surface area contributed by atoms with E-state index in [4.69, 9.17) is 0 Å². The average molecular weight is 181 g/mol. The van der Waals surface area contributed by atoms with Gasteiger partial charge in [0.1, 0.15) is 0 Å². The smallest absolute Gasteiger partial charge is 0.0395 e. The molecule has 0 amide bonds. The van der Waals surface area contributed by atoms with Crippen molar-refractivity contribution in [1.82, 2.24) is 5.32 Å². The lowest BCUT2D eigenvalue weighted by Crippen LogP contribution is -2.53. The third-order valence-corrected chi connectivity index (χ3v) is 3.79. The van der Waals surface area contributed by atoms with Gasteiger partial charge in [0.05, 0.1) is 0 Å². The second kappa shape index (κ2) is 2.86. The molecule has 0 aromatic carbocycles. The van der Waals surface area contributed by atoms with Gasteiger partial charge in [-0.15, -0.1) is 0 Å². The molecule has 1 aromatic rings. The Morgan fingerprint density at radius 2 is 2.58 bits per heavy atom. The molecule has 0 aliphatic carbocycles. The van der Waals surface area contributed by atoms with Crippen molar-refractivity contribution >= 4 is 11.3 Å². The van der Waals surface area contributed by atoms with Crippen molar-refractivity contribution in [2.45, 2.75) is 26.3 Å². The topological polar surface area (TPSA) is 12.0 Å². The van der Waals surface area contributed by atoms with Gasteiger partial charge in [-0.3, -0.25) is 0 Å². The number of hydrogen-bond donors (Lipinski definition) is 1. The summed E-state index contributed by atoms with van der Waals surface area (Å²) >= 11 is 1.79. The van der Waals surface area contributed by atoms with Gasteiger partial charge in [0.15, 0.2) is 0 Å². The first-order valence-corrected chi connectivity index (χ1v) is 5.46. The minimum Gasteiger partial charge on any atom is -0.309 e. The Balaban J connectivity index is 2.17. The van der Waals surface area contributed by atoms with Crippen LogP contribution in [-0.2, 0) is 0 Å². The normalized spacial score (nSPS) is 34.7. The van der Waals surface area contributed by atoms with E-state index in [9.17, 15) is 0 Å². The summed E-state index contributed by atoms with van der Waals surface area (Å²) in [6, 6.07) is 2.84. The number of thiophene rings is 1. The minimum absolute atomic E-state index is 0.501. The van der Waals surface area contributed by atoms with Crippen molar-refractivity contribution in [3.05, 3.63) is 22.4 Å². The zero-order chi connectivity index (χ0) is 8.60. The SMILES string of the molecule is CCC1(C)CNC1c1ccsc1. The van der Waals surface area contributed by atoms with Crippen LogP contribution >= 0.6 is 11.3 Å². The fraction of sp³-hybridized carbons (Fsp3) is 0.600. The Labute approximate surface area is 77.8 Å². The monoisotopic (exact) mass is 181 g/mol. The second-order valence-corrected chi connectivity index (χ2v) is 4.66. The van der Waals surface area contributed by atoms with E-state index < -0.39 is 0 Å². The molecule has 2 heteroatoms. The molecule has 1 aliphatic rings. The van der Waals surface area contributed by atoms with Crippen LogP contribution in [0.4, 0.5) is 0 Å². The third-order valence-electron chi connectivity index (χ3n) is 3.09. The van der Waals surface area contributed by atoms with Crippen molar-refractivity contribution in [2.75, 3.05) is 6.54 Å². The number of nitrogens with one attached hydrogen (secondary N) is 1. The summed E-state index contributed by atoms with van der Waals surface area (Å²) in [7, 11) is 0. The van der Waals surface area contributed by atoms with Crippen LogP contribution in [0.5, 0.6) is 0 Å². The molecule has 2 atom stereocenters. The minimum atomic E-state index is 0.501. The van der Waals surface area contributed by atoms with E-state index in [0.717, 1.165) is 0 Å². The standard InChI is InChI=1S/C10H15NS/c1-3-10(2)7-11-9(10)8-4-5-12-6-8/h4-6,9,11H,3,7H2,1-2H3. The van der Waals surface area contributed by atoms with E-state index in [-0.39, 0.29) is 0 Å². The highest BCUT2D eigenvalue weighted by Gasteiger charge is 2.41. The molecule has 2 unspecified atom stereocenters. The van der Waals surface area contributed by atoms with Gasteiger partial charge in [-0.05, 0) is 34.2 Å². The summed E-state index contributed by atoms with van der Waals surface area (Å²) in [5, 5.41) is 7.91. The zero-order valence-corrected chi connectivity index (χ0v) is 8.45. The van der Waals surface area contributed by atoms with Crippen molar-refractivity contribution in [1.29, 1.82) is 0 Å². The van der Waals surface area contributed by atoms with E-state index in [0.29, 0.717) is 11.5 Å². The van der Waals surface area contributed by atoms with Gasteiger partial charge in [-0.1, -0.05) is 13.8 Å². The molecule has 1 aromatic heterocycles. The Morgan fingerprint density at radius 3 is 3.00 bits per heavy atom. The number of rotatable bonds is 2. The lowest BCUT2D eigenvalue weighted by Gasteiger charge is -2.47. The van der Waals surface area contributed by atoms with Crippen molar-refractivity contribution in [2.24, 2.45) is 5.41 Å². The van der Waals surface area contributed by atoms with E-state index in [2.05, 4.69) is 36.0 Å². The van der Waals surface area contributed by atoms with E-state index in [1.807, 2.05) is 0 Å². The fourth-order valence-electron chi connectivity index (χ4n) is 1.84. The van der Waals surface area contributed by atoms with E-state index >= 15 is 0 Å². The molecule has 1 fully saturated rings. The van der Waals surface area contributed by atoms with Gasteiger partial charge in [-0.25, -0.2) is 0 Å². The molecule has 0 radical (unpaired) electrons. The molecule has 1 saturated heterocycles. The van der Waals surface area contributed by atoms with Crippen molar-refractivity contribution < 1.29 is 0 Å². The first-order valence-electron chi connectivity index (χ1n) is 4.52. The molecule has 66 valence electrons. The van der Waals surface area contributed by atoms with E-state index in [1.165, 1.54) is 18.5 Å². The summed E-state index contributed by atoms with van der Waals surface area (Å²) < 4.78 is 0. The fourth-order valence-corrected chi connectivity index (χ4v) is 2.53. The molecule has 1 nitrogen and oxygen atoms in total. The van der Waals surface area contributed by atoms with E-state index in [1.54, 1.807) is 11.3 Å². The molecule has 0 bridgehead atoms. The highest BCUT2D eigenvalue weighted by molar-refractivity contribution is 7.07.